The van der Waals surface area contributed by atoms with E-state index in [0.29, 0.717) is 34.0 Å². The van der Waals surface area contributed by atoms with Gasteiger partial charge in [-0.3, -0.25) is 4.79 Å². The minimum absolute atomic E-state index is 0.156. The average molecular weight is 486 g/mol. The number of para-hydroxylation sites is 2. The van der Waals surface area contributed by atoms with Crippen molar-refractivity contribution in [3.8, 4) is 23.1 Å². The van der Waals surface area contributed by atoms with Crippen LogP contribution < -0.4 is 25.2 Å². The van der Waals surface area contributed by atoms with Crippen molar-refractivity contribution in [2.45, 2.75) is 13.5 Å². The van der Waals surface area contributed by atoms with Crippen LogP contribution in [0.3, 0.4) is 0 Å². The van der Waals surface area contributed by atoms with E-state index in [1.807, 2.05) is 37.3 Å². The van der Waals surface area contributed by atoms with Gasteiger partial charge in [0.25, 0.3) is 5.88 Å². The van der Waals surface area contributed by atoms with Crippen LogP contribution in [-0.4, -0.2) is 39.3 Å². The Morgan fingerprint density at radius 3 is 2.47 bits per heavy atom. The van der Waals surface area contributed by atoms with Gasteiger partial charge in [-0.05, 0) is 43.3 Å². The van der Waals surface area contributed by atoms with Gasteiger partial charge in [0.05, 0.1) is 30.9 Å². The van der Waals surface area contributed by atoms with E-state index >= 15 is 0 Å². The molecule has 0 aliphatic heterocycles. The average Bonchev–Trinajstić information content (AvgIpc) is 3.21. The SMILES string of the molecule is COc1ccc(OC)c(NC(=O)Cn2nc3c(Oc4ccc(C)cc4)nc4ccccc4n3c2=O)c1. The van der Waals surface area contributed by atoms with Gasteiger partial charge in [-0.2, -0.15) is 0 Å². The summed E-state index contributed by atoms with van der Waals surface area (Å²) >= 11 is 0. The Kier molecular flexibility index (Phi) is 5.99. The molecule has 0 aliphatic rings. The third kappa shape index (κ3) is 4.31. The molecule has 0 spiro atoms. The Balaban J connectivity index is 1.53. The monoisotopic (exact) mass is 485 g/mol. The Bertz CT molecular complexity index is 1640. The molecule has 10 nitrogen and oxygen atoms in total. The summed E-state index contributed by atoms with van der Waals surface area (Å²) in [6.45, 7) is 1.64. The lowest BCUT2D eigenvalue weighted by Crippen LogP contribution is -2.28. The first kappa shape index (κ1) is 22.9. The van der Waals surface area contributed by atoms with E-state index in [1.165, 1.54) is 18.6 Å². The number of aryl methyl sites for hydroxylation is 1. The van der Waals surface area contributed by atoms with Gasteiger partial charge in [0.1, 0.15) is 23.8 Å². The first-order chi connectivity index (χ1) is 17.5. The van der Waals surface area contributed by atoms with E-state index < -0.39 is 11.6 Å². The number of nitrogens with one attached hydrogen (secondary N) is 1. The molecular formula is C26H23N5O5. The van der Waals surface area contributed by atoms with Crippen LogP contribution in [0.15, 0.2) is 71.5 Å². The summed E-state index contributed by atoms with van der Waals surface area (Å²) in [5.41, 5.74) is 2.30. The van der Waals surface area contributed by atoms with Crippen molar-refractivity contribution in [2.75, 3.05) is 19.5 Å². The topological polar surface area (TPSA) is 109 Å². The molecule has 0 aliphatic carbocycles. The highest BCUT2D eigenvalue weighted by molar-refractivity contribution is 5.92. The Hall–Kier alpha value is -4.86. The van der Waals surface area contributed by atoms with Gasteiger partial charge in [0.15, 0.2) is 0 Å². The molecule has 0 saturated carbocycles. The molecule has 0 radical (unpaired) electrons. The van der Waals surface area contributed by atoms with Crippen molar-refractivity contribution >= 4 is 28.3 Å². The number of carbonyl (C=O) groups is 1. The highest BCUT2D eigenvalue weighted by Gasteiger charge is 2.19. The number of benzene rings is 3. The van der Waals surface area contributed by atoms with Gasteiger partial charge in [-0.25, -0.2) is 18.9 Å². The van der Waals surface area contributed by atoms with Crippen LogP contribution in [-0.2, 0) is 11.3 Å². The molecule has 0 atom stereocenters. The minimum atomic E-state index is -0.495. The summed E-state index contributed by atoms with van der Waals surface area (Å²) in [6, 6.07) is 19.6. The number of ether oxygens (including phenoxy) is 3. The smallest absolute Gasteiger partial charge is 0.351 e. The fraction of sp³-hybridized carbons (Fsp3) is 0.154. The number of anilines is 1. The van der Waals surface area contributed by atoms with Gasteiger partial charge in [0.2, 0.25) is 11.6 Å². The lowest BCUT2D eigenvalue weighted by atomic mass is 10.2. The Morgan fingerprint density at radius 1 is 0.972 bits per heavy atom. The van der Waals surface area contributed by atoms with Crippen molar-refractivity contribution in [1.29, 1.82) is 0 Å². The maximum Gasteiger partial charge on any atom is 0.351 e. The zero-order valence-electron chi connectivity index (χ0n) is 19.9. The van der Waals surface area contributed by atoms with Gasteiger partial charge in [-0.1, -0.05) is 29.8 Å². The van der Waals surface area contributed by atoms with Crippen molar-refractivity contribution in [2.24, 2.45) is 0 Å². The predicted octanol–water partition coefficient (Wildman–Crippen LogP) is 3.80. The second-order valence-electron chi connectivity index (χ2n) is 8.03. The number of carbonyl (C=O) groups excluding carboxylic acids is 1. The van der Waals surface area contributed by atoms with Gasteiger partial charge >= 0.3 is 5.69 Å². The zero-order valence-corrected chi connectivity index (χ0v) is 19.9. The summed E-state index contributed by atoms with van der Waals surface area (Å²) in [5, 5.41) is 7.15. The second-order valence-corrected chi connectivity index (χ2v) is 8.03. The van der Waals surface area contributed by atoms with E-state index in [2.05, 4.69) is 15.4 Å². The molecule has 5 rings (SSSR count). The first-order valence-electron chi connectivity index (χ1n) is 11.1. The summed E-state index contributed by atoms with van der Waals surface area (Å²) in [7, 11) is 3.02. The molecule has 1 N–H and O–H groups in total. The van der Waals surface area contributed by atoms with Gasteiger partial charge in [0, 0.05) is 6.07 Å². The van der Waals surface area contributed by atoms with Crippen molar-refractivity contribution in [1.82, 2.24) is 19.2 Å². The molecule has 5 aromatic rings. The van der Waals surface area contributed by atoms with E-state index in [4.69, 9.17) is 14.2 Å². The minimum Gasteiger partial charge on any atom is -0.497 e. The fourth-order valence-corrected chi connectivity index (χ4v) is 3.80. The number of aromatic nitrogens is 4. The normalized spacial score (nSPS) is 11.0. The molecule has 10 heteroatoms. The van der Waals surface area contributed by atoms with E-state index in [9.17, 15) is 9.59 Å². The number of hydrogen-bond acceptors (Lipinski definition) is 7. The maximum absolute atomic E-state index is 13.4. The number of methoxy groups -OCH3 is 2. The quantitative estimate of drug-likeness (QED) is 0.373. The van der Waals surface area contributed by atoms with Gasteiger partial charge in [-0.15, -0.1) is 5.10 Å². The fourth-order valence-electron chi connectivity index (χ4n) is 3.80. The highest BCUT2D eigenvalue weighted by atomic mass is 16.5. The number of fused-ring (bicyclic) bond motifs is 3. The van der Waals surface area contributed by atoms with Crippen molar-refractivity contribution < 1.29 is 19.0 Å². The molecule has 0 unspecified atom stereocenters. The molecule has 2 aromatic heterocycles. The van der Waals surface area contributed by atoms with Crippen LogP contribution in [0, 0.1) is 6.92 Å². The van der Waals surface area contributed by atoms with Crippen molar-refractivity contribution in [3.63, 3.8) is 0 Å². The van der Waals surface area contributed by atoms with E-state index in [0.717, 1.165) is 10.2 Å². The number of rotatable bonds is 7. The predicted molar refractivity (Wildman–Crippen MR) is 134 cm³/mol. The van der Waals surface area contributed by atoms with E-state index in [-0.39, 0.29) is 18.1 Å². The zero-order chi connectivity index (χ0) is 25.2. The van der Waals surface area contributed by atoms with Crippen LogP contribution in [0.2, 0.25) is 0 Å². The van der Waals surface area contributed by atoms with Crippen LogP contribution >= 0.6 is 0 Å². The van der Waals surface area contributed by atoms with E-state index in [1.54, 1.807) is 36.4 Å². The Morgan fingerprint density at radius 2 is 1.72 bits per heavy atom. The maximum atomic E-state index is 13.4. The lowest BCUT2D eigenvalue weighted by molar-refractivity contribution is -0.117. The number of nitrogens with zero attached hydrogens (tertiary/aromatic N) is 4. The molecule has 36 heavy (non-hydrogen) atoms. The first-order valence-corrected chi connectivity index (χ1v) is 11.1. The molecule has 0 bridgehead atoms. The third-order valence-electron chi connectivity index (χ3n) is 5.58. The highest BCUT2D eigenvalue weighted by Crippen LogP contribution is 2.29. The van der Waals surface area contributed by atoms with Crippen molar-refractivity contribution in [3.05, 3.63) is 82.8 Å². The lowest BCUT2D eigenvalue weighted by Gasteiger charge is -2.11. The number of hydrogen-bond donors (Lipinski definition) is 1. The van der Waals surface area contributed by atoms with Crippen LogP contribution in [0.1, 0.15) is 5.56 Å². The largest absolute Gasteiger partial charge is 0.497 e. The number of amides is 1. The summed E-state index contributed by atoms with van der Waals surface area (Å²) in [6.07, 6.45) is 0. The summed E-state index contributed by atoms with van der Waals surface area (Å²) < 4.78 is 19.0. The molecule has 0 fully saturated rings. The molecule has 0 saturated heterocycles. The molecule has 182 valence electrons. The standard InChI is InChI=1S/C26H23N5O5/c1-16-8-10-17(11-9-16)36-25-24-29-30(26(33)31(24)21-7-5-4-6-19(21)28-25)15-23(32)27-20-14-18(34-2)12-13-22(20)35-3/h4-14H,15H2,1-3H3,(H,27,32). The second kappa shape index (κ2) is 9.41. The summed E-state index contributed by atoms with van der Waals surface area (Å²) in [5.74, 6) is 1.24. The van der Waals surface area contributed by atoms with Crippen LogP contribution in [0.25, 0.3) is 16.7 Å². The van der Waals surface area contributed by atoms with Gasteiger partial charge < -0.3 is 19.5 Å². The van der Waals surface area contributed by atoms with Crippen LogP contribution in [0.4, 0.5) is 5.69 Å². The Labute approximate surface area is 205 Å². The summed E-state index contributed by atoms with van der Waals surface area (Å²) in [4.78, 5) is 30.8. The molecule has 2 heterocycles. The van der Waals surface area contributed by atoms with Crippen LogP contribution in [0.5, 0.6) is 23.1 Å². The molecular weight excluding hydrogens is 462 g/mol. The molecule has 3 aromatic carbocycles. The third-order valence-corrected chi connectivity index (χ3v) is 5.58. The molecule has 1 amide bonds.